The molecule has 3 aliphatic heterocycles. The van der Waals surface area contributed by atoms with Crippen LogP contribution in [0.1, 0.15) is 38.5 Å². The molecule has 3 aliphatic rings. The summed E-state index contributed by atoms with van der Waals surface area (Å²) >= 11 is 5.37. The highest BCUT2D eigenvalue weighted by Crippen LogP contribution is 2.62. The van der Waals surface area contributed by atoms with E-state index in [9.17, 15) is 24.9 Å². The molecule has 4 heterocycles. The number of carboxylic acid groups (broad SMARTS) is 1. The number of H-pyrrole nitrogens is 1. The zero-order chi connectivity index (χ0) is 26.1. The van der Waals surface area contributed by atoms with Gasteiger partial charge in [-0.3, -0.25) is 14.6 Å². The SMILES string of the molecule is NC(CCC(=O)O)C(=O)NCCCCCCNc1nc(=S)c2c([nH]1)[N+]1(C=N2)[C@@H]2O[C@H](CO)[C@H](O)[C@]21O. The lowest BCUT2D eigenvalue weighted by molar-refractivity contribution is -0.137. The largest absolute Gasteiger partial charge is 0.481 e. The second kappa shape index (κ2) is 10.5. The van der Waals surface area contributed by atoms with Crippen LogP contribution < -0.4 is 20.9 Å². The van der Waals surface area contributed by atoms with Crippen LogP contribution in [-0.2, 0) is 14.3 Å². The zero-order valence-electron chi connectivity index (χ0n) is 19.6. The molecule has 4 rings (SSSR count). The number of carbonyl (C=O) groups excluding carboxylic acids is 1. The number of aliphatic imine (C=N–C) groups is 1. The van der Waals surface area contributed by atoms with Crippen molar-refractivity contribution in [3.63, 3.8) is 0 Å². The van der Waals surface area contributed by atoms with Crippen molar-refractivity contribution >= 4 is 47.9 Å². The van der Waals surface area contributed by atoms with Gasteiger partial charge < -0.3 is 41.5 Å². The number of carboxylic acids is 1. The van der Waals surface area contributed by atoms with Crippen molar-refractivity contribution < 1.29 is 34.8 Å². The third-order valence-electron chi connectivity index (χ3n) is 6.85. The lowest BCUT2D eigenvalue weighted by atomic mass is 10.1. The molecule has 1 aromatic rings. The van der Waals surface area contributed by atoms with Crippen LogP contribution in [-0.4, -0.2) is 98.5 Å². The standard InChI is InChI=1S/C21H31N7O7S/c22-11(5-6-13(30)31)17(33)23-7-3-1-2-4-8-24-20-26-16-14(18(36)27-20)25-10-28(16)19-21(28,34)15(32)12(9-29)35-19/h10-12,15,19,29,32,34H,1-9,22H2,(H3-,23,24,26,27,30,31,33,36)/p+1/t11?,12-,15+,19-,21+,28?/m1/s1. The summed E-state index contributed by atoms with van der Waals surface area (Å²) in [5.41, 5.74) is 4.41. The molecule has 0 aliphatic carbocycles. The average Bonchev–Trinajstić information content (AvgIpc) is 3.07. The second-order valence-electron chi connectivity index (χ2n) is 9.22. The summed E-state index contributed by atoms with van der Waals surface area (Å²) < 4.78 is 5.65. The Bertz CT molecular complexity index is 1100. The smallest absolute Gasteiger partial charge is 0.325 e. The number of aromatic nitrogens is 2. The fraction of sp³-hybridized carbons (Fsp3) is 0.667. The topological polar surface area (TPSA) is 215 Å². The highest BCUT2D eigenvalue weighted by molar-refractivity contribution is 7.71. The Morgan fingerprint density at radius 1 is 1.31 bits per heavy atom. The number of fused-ring (bicyclic) bond motifs is 5. The molecule has 2 unspecified atom stereocenters. The van der Waals surface area contributed by atoms with E-state index >= 15 is 0 Å². The Hall–Kier alpha value is -2.53. The number of aliphatic hydroxyl groups is 3. The van der Waals surface area contributed by atoms with Crippen molar-refractivity contribution in [2.24, 2.45) is 10.7 Å². The van der Waals surface area contributed by atoms with Gasteiger partial charge in [0.15, 0.2) is 16.4 Å². The summed E-state index contributed by atoms with van der Waals surface area (Å²) in [6.45, 7) is 0.668. The quantitative estimate of drug-likeness (QED) is 0.0687. The van der Waals surface area contributed by atoms with Gasteiger partial charge in [-0.05, 0) is 19.3 Å². The number of hydrogen-bond donors (Lipinski definition) is 8. The van der Waals surface area contributed by atoms with Gasteiger partial charge in [0, 0.05) is 19.5 Å². The van der Waals surface area contributed by atoms with E-state index in [0.717, 1.165) is 25.7 Å². The van der Waals surface area contributed by atoms with Gasteiger partial charge in [-0.15, -0.1) is 0 Å². The first-order chi connectivity index (χ1) is 17.2. The van der Waals surface area contributed by atoms with Crippen LogP contribution in [0.5, 0.6) is 0 Å². The Morgan fingerprint density at radius 3 is 2.67 bits per heavy atom. The number of rotatable bonds is 13. The van der Waals surface area contributed by atoms with Gasteiger partial charge in [-0.2, -0.15) is 9.48 Å². The molecule has 1 spiro atoms. The minimum Gasteiger partial charge on any atom is -0.481 e. The van der Waals surface area contributed by atoms with Crippen molar-refractivity contribution in [3.8, 4) is 0 Å². The van der Waals surface area contributed by atoms with Gasteiger partial charge in [0.2, 0.25) is 24.0 Å². The molecule has 15 heteroatoms. The highest BCUT2D eigenvalue weighted by atomic mass is 32.1. The van der Waals surface area contributed by atoms with Gasteiger partial charge in [-0.1, -0.05) is 25.1 Å². The summed E-state index contributed by atoms with van der Waals surface area (Å²) in [6, 6.07) is -0.819. The van der Waals surface area contributed by atoms with Gasteiger partial charge in [-0.25, -0.2) is 4.98 Å². The number of aromatic amines is 1. The molecule has 6 atom stereocenters. The molecule has 9 N–H and O–H groups in total. The Morgan fingerprint density at radius 2 is 2.03 bits per heavy atom. The number of nitrogens with two attached hydrogens (primary N) is 1. The molecular weight excluding hydrogens is 494 g/mol. The molecule has 198 valence electrons. The molecule has 1 amide bonds. The van der Waals surface area contributed by atoms with E-state index in [0.29, 0.717) is 30.5 Å². The Labute approximate surface area is 211 Å². The minimum atomic E-state index is -1.66. The second-order valence-corrected chi connectivity index (χ2v) is 9.60. The number of aliphatic hydroxyl groups excluding tert-OH is 2. The molecular formula is C21H32N7O7S+. The summed E-state index contributed by atoms with van der Waals surface area (Å²) in [7, 11) is 0. The molecule has 2 fully saturated rings. The van der Waals surface area contributed by atoms with E-state index in [-0.39, 0.29) is 27.9 Å². The van der Waals surface area contributed by atoms with Gasteiger partial charge in [0.1, 0.15) is 6.10 Å². The third kappa shape index (κ3) is 4.51. The predicted molar refractivity (Wildman–Crippen MR) is 131 cm³/mol. The van der Waals surface area contributed by atoms with E-state index in [4.69, 9.17) is 27.8 Å². The number of nitrogens with zero attached hydrogens (tertiary/aromatic N) is 3. The van der Waals surface area contributed by atoms with Crippen molar-refractivity contribution in [2.45, 2.75) is 68.7 Å². The van der Waals surface area contributed by atoms with Gasteiger partial charge in [0.25, 0.3) is 6.23 Å². The lowest BCUT2D eigenvalue weighted by Gasteiger charge is -2.23. The van der Waals surface area contributed by atoms with E-state index in [1.54, 1.807) is 0 Å². The predicted octanol–water partition coefficient (Wildman–Crippen LogP) is -0.819. The summed E-state index contributed by atoms with van der Waals surface area (Å²) in [4.78, 5) is 34.1. The number of ether oxygens (including phenoxy) is 1. The van der Waals surface area contributed by atoms with Crippen molar-refractivity contribution in [1.29, 1.82) is 0 Å². The van der Waals surface area contributed by atoms with Crippen LogP contribution in [0.15, 0.2) is 4.99 Å². The van der Waals surface area contributed by atoms with Crippen LogP contribution >= 0.6 is 12.2 Å². The fourth-order valence-corrected chi connectivity index (χ4v) is 5.01. The van der Waals surface area contributed by atoms with Gasteiger partial charge in [0.05, 0.1) is 12.6 Å². The minimum absolute atomic E-state index is 0.107. The molecule has 0 saturated carbocycles. The van der Waals surface area contributed by atoms with Crippen LogP contribution in [0.4, 0.5) is 17.5 Å². The first kappa shape index (κ1) is 26.5. The maximum atomic E-state index is 11.8. The van der Waals surface area contributed by atoms with E-state index in [2.05, 4.69) is 25.6 Å². The normalized spacial score (nSPS) is 30.2. The fourth-order valence-electron chi connectivity index (χ4n) is 4.77. The first-order valence-corrected chi connectivity index (χ1v) is 12.3. The first-order valence-electron chi connectivity index (χ1n) is 11.9. The maximum Gasteiger partial charge on any atom is 0.325 e. The van der Waals surface area contributed by atoms with E-state index in [1.807, 2.05) is 0 Å². The monoisotopic (exact) mass is 526 g/mol. The van der Waals surface area contributed by atoms with Crippen molar-refractivity contribution in [2.75, 3.05) is 25.0 Å². The maximum absolute atomic E-state index is 11.8. The molecule has 0 bridgehead atoms. The number of nitrogens with one attached hydrogen (secondary N) is 3. The number of aliphatic carboxylic acids is 1. The van der Waals surface area contributed by atoms with E-state index in [1.165, 1.54) is 6.34 Å². The lowest BCUT2D eigenvalue weighted by Crippen LogP contribution is -2.50. The van der Waals surface area contributed by atoms with Crippen LogP contribution in [0.2, 0.25) is 0 Å². The third-order valence-corrected chi connectivity index (χ3v) is 7.13. The molecule has 36 heavy (non-hydrogen) atoms. The number of hydrogen-bond acceptors (Lipinski definition) is 11. The van der Waals surface area contributed by atoms with Crippen LogP contribution in [0.3, 0.4) is 0 Å². The number of unbranched alkanes of at least 4 members (excludes halogenated alkanes) is 3. The Balaban J connectivity index is 1.21. The molecule has 14 nitrogen and oxygen atoms in total. The van der Waals surface area contributed by atoms with E-state index < -0.39 is 42.8 Å². The molecule has 2 saturated heterocycles. The summed E-state index contributed by atoms with van der Waals surface area (Å²) in [5.74, 6) is -0.444. The average molecular weight is 527 g/mol. The highest BCUT2D eigenvalue weighted by Gasteiger charge is 2.92. The van der Waals surface area contributed by atoms with Gasteiger partial charge >= 0.3 is 11.7 Å². The summed E-state index contributed by atoms with van der Waals surface area (Å²) in [5, 5.41) is 45.5. The van der Waals surface area contributed by atoms with Crippen LogP contribution in [0, 0.1) is 4.64 Å². The number of anilines is 1. The zero-order valence-corrected chi connectivity index (χ0v) is 20.4. The number of quaternary nitrogens is 1. The van der Waals surface area contributed by atoms with Crippen molar-refractivity contribution in [1.82, 2.24) is 19.8 Å². The van der Waals surface area contributed by atoms with Crippen LogP contribution in [0.25, 0.3) is 0 Å². The number of carbonyl (C=O) groups is 2. The Kier molecular flexibility index (Phi) is 7.70. The molecule has 1 aromatic heterocycles. The molecule has 0 aromatic carbocycles. The van der Waals surface area contributed by atoms with Crippen molar-refractivity contribution in [3.05, 3.63) is 4.64 Å². The summed E-state index contributed by atoms with van der Waals surface area (Å²) in [6.07, 6.45) is 1.85. The molecule has 0 radical (unpaired) electrons. The number of amides is 1.